The van der Waals surface area contributed by atoms with Crippen molar-refractivity contribution in [3.63, 3.8) is 0 Å². The summed E-state index contributed by atoms with van der Waals surface area (Å²) >= 11 is 0. The summed E-state index contributed by atoms with van der Waals surface area (Å²) in [5, 5.41) is 18.2. The third-order valence-corrected chi connectivity index (χ3v) is 2.07. The first-order valence-electron chi connectivity index (χ1n) is 4.34. The Kier molecular flexibility index (Phi) is 6.42. The van der Waals surface area contributed by atoms with Crippen LogP contribution in [0.5, 0.6) is 11.5 Å². The van der Waals surface area contributed by atoms with Crippen LogP contribution in [0, 0.1) is 0 Å². The van der Waals surface area contributed by atoms with Gasteiger partial charge in [0.25, 0.3) is 0 Å². The molecule has 0 amide bonds. The molecule has 0 saturated carbocycles. The van der Waals surface area contributed by atoms with Gasteiger partial charge in [-0.15, -0.1) is 0 Å². The zero-order valence-electron chi connectivity index (χ0n) is 9.51. The van der Waals surface area contributed by atoms with Crippen LogP contribution in [0.1, 0.15) is 0 Å². The molecule has 2 nitrogen and oxygen atoms in total. The molecule has 2 aromatic rings. The largest absolute Gasteiger partial charge is 0.508 e. The van der Waals surface area contributed by atoms with Crippen LogP contribution in [-0.2, 0) is 0 Å². The van der Waals surface area contributed by atoms with Gasteiger partial charge in [-0.3, -0.25) is 0 Å². The maximum Gasteiger partial charge on any atom is 0.115 e. The van der Waals surface area contributed by atoms with Crippen LogP contribution in [0.2, 0.25) is 0 Å². The van der Waals surface area contributed by atoms with Gasteiger partial charge in [0, 0.05) is 37.7 Å². The monoisotopic (exact) mass is 200 g/mol. The van der Waals surface area contributed by atoms with Crippen molar-refractivity contribution >= 4 is 37.7 Å². The molecule has 2 rings (SSSR count). The molecular formula is C12H10Li2O2. The van der Waals surface area contributed by atoms with Crippen molar-refractivity contribution in [2.75, 3.05) is 0 Å². The average Bonchev–Trinajstić information content (AvgIpc) is 2.21. The molecule has 0 atom stereocenters. The Morgan fingerprint density at radius 2 is 0.750 bits per heavy atom. The van der Waals surface area contributed by atoms with Gasteiger partial charge in [-0.05, 0) is 35.4 Å². The third-order valence-electron chi connectivity index (χ3n) is 2.07. The standard InChI is InChI=1S/C12H10O2.2Li/c13-11-5-1-9(2-6-11)10-3-7-12(14)8-4-10;;/h1-8,13-14H;;. The summed E-state index contributed by atoms with van der Waals surface area (Å²) in [6, 6.07) is 13.9. The number of aromatic hydroxyl groups is 2. The number of hydrogen-bond acceptors (Lipinski definition) is 2. The van der Waals surface area contributed by atoms with Crippen LogP contribution >= 0.6 is 0 Å². The molecule has 2 aromatic carbocycles. The SMILES string of the molecule is Oc1ccc(-c2ccc(O)cc2)cc1.[Li].[Li]. The first-order chi connectivity index (χ1) is 6.75. The molecule has 0 unspecified atom stereocenters. The minimum Gasteiger partial charge on any atom is -0.508 e. The van der Waals surface area contributed by atoms with E-state index in [2.05, 4.69) is 0 Å². The van der Waals surface area contributed by atoms with E-state index in [0.29, 0.717) is 0 Å². The summed E-state index contributed by atoms with van der Waals surface area (Å²) in [5.41, 5.74) is 2.03. The Morgan fingerprint density at radius 1 is 0.500 bits per heavy atom. The van der Waals surface area contributed by atoms with Gasteiger partial charge in [0.1, 0.15) is 11.5 Å². The maximum absolute atomic E-state index is 9.11. The maximum atomic E-state index is 9.11. The van der Waals surface area contributed by atoms with Gasteiger partial charge in [0.2, 0.25) is 0 Å². The molecule has 0 aliphatic rings. The molecular weight excluding hydrogens is 190 g/mol. The topological polar surface area (TPSA) is 40.5 Å². The molecule has 2 N–H and O–H groups in total. The van der Waals surface area contributed by atoms with Crippen molar-refractivity contribution in [3.8, 4) is 22.6 Å². The first kappa shape index (κ1) is 15.2. The Bertz CT molecular complexity index is 380. The van der Waals surface area contributed by atoms with Crippen LogP contribution in [0.25, 0.3) is 11.1 Å². The molecule has 0 bridgehead atoms. The summed E-state index contributed by atoms with van der Waals surface area (Å²) in [7, 11) is 0. The number of hydrogen-bond donors (Lipinski definition) is 2. The van der Waals surface area contributed by atoms with Gasteiger partial charge in [-0.25, -0.2) is 0 Å². The molecule has 4 heteroatoms. The Hall–Kier alpha value is -0.765. The fourth-order valence-electron chi connectivity index (χ4n) is 1.31. The second-order valence-corrected chi connectivity index (χ2v) is 3.09. The van der Waals surface area contributed by atoms with E-state index in [9.17, 15) is 0 Å². The summed E-state index contributed by atoms with van der Waals surface area (Å²) < 4.78 is 0. The van der Waals surface area contributed by atoms with Gasteiger partial charge < -0.3 is 10.2 Å². The summed E-state index contributed by atoms with van der Waals surface area (Å²) in [5.74, 6) is 0.514. The van der Waals surface area contributed by atoms with E-state index in [0.717, 1.165) is 11.1 Å². The van der Waals surface area contributed by atoms with Crippen molar-refractivity contribution in [1.82, 2.24) is 0 Å². The molecule has 0 aliphatic carbocycles. The van der Waals surface area contributed by atoms with Crippen molar-refractivity contribution < 1.29 is 10.2 Å². The zero-order valence-corrected chi connectivity index (χ0v) is 9.51. The Labute approximate surface area is 119 Å². The molecule has 0 saturated heterocycles. The van der Waals surface area contributed by atoms with Crippen LogP contribution in [0.3, 0.4) is 0 Å². The molecule has 2 radical (unpaired) electrons. The van der Waals surface area contributed by atoms with Crippen LogP contribution in [-0.4, -0.2) is 47.9 Å². The molecule has 72 valence electrons. The zero-order chi connectivity index (χ0) is 9.97. The molecule has 0 spiro atoms. The van der Waals surface area contributed by atoms with Crippen molar-refractivity contribution in [2.24, 2.45) is 0 Å². The van der Waals surface area contributed by atoms with Gasteiger partial charge in [0.05, 0.1) is 0 Å². The number of phenolic OH excluding ortho intramolecular Hbond substituents is 2. The van der Waals surface area contributed by atoms with Crippen molar-refractivity contribution in [2.45, 2.75) is 0 Å². The predicted octanol–water partition coefficient (Wildman–Crippen LogP) is 2.00. The van der Waals surface area contributed by atoms with Crippen molar-refractivity contribution in [1.29, 1.82) is 0 Å². The van der Waals surface area contributed by atoms with E-state index in [1.165, 1.54) is 0 Å². The minimum atomic E-state index is 0. The second-order valence-electron chi connectivity index (χ2n) is 3.09. The minimum absolute atomic E-state index is 0. The molecule has 0 heterocycles. The number of rotatable bonds is 1. The number of phenols is 2. The van der Waals surface area contributed by atoms with Gasteiger partial charge in [-0.1, -0.05) is 24.3 Å². The summed E-state index contributed by atoms with van der Waals surface area (Å²) in [4.78, 5) is 0. The van der Waals surface area contributed by atoms with E-state index in [4.69, 9.17) is 10.2 Å². The van der Waals surface area contributed by atoms with Crippen molar-refractivity contribution in [3.05, 3.63) is 48.5 Å². The Morgan fingerprint density at radius 3 is 1.00 bits per heavy atom. The molecule has 0 fully saturated rings. The van der Waals surface area contributed by atoms with Crippen LogP contribution < -0.4 is 0 Å². The van der Waals surface area contributed by atoms with E-state index >= 15 is 0 Å². The van der Waals surface area contributed by atoms with E-state index in [1.807, 2.05) is 24.3 Å². The third kappa shape index (κ3) is 3.67. The smallest absolute Gasteiger partial charge is 0.115 e. The Balaban J connectivity index is 0.00000112. The van der Waals surface area contributed by atoms with Gasteiger partial charge >= 0.3 is 0 Å². The first-order valence-corrected chi connectivity index (χ1v) is 4.34. The van der Waals surface area contributed by atoms with Crippen LogP contribution in [0.4, 0.5) is 0 Å². The van der Waals surface area contributed by atoms with E-state index < -0.39 is 0 Å². The fourth-order valence-corrected chi connectivity index (χ4v) is 1.31. The number of benzene rings is 2. The molecule has 0 aliphatic heterocycles. The van der Waals surface area contributed by atoms with E-state index in [1.54, 1.807) is 24.3 Å². The van der Waals surface area contributed by atoms with Gasteiger partial charge in [0.15, 0.2) is 0 Å². The van der Waals surface area contributed by atoms with Crippen LogP contribution in [0.15, 0.2) is 48.5 Å². The normalized spacial score (nSPS) is 8.75. The predicted molar refractivity (Wildman–Crippen MR) is 66.7 cm³/mol. The van der Waals surface area contributed by atoms with Gasteiger partial charge in [-0.2, -0.15) is 0 Å². The molecule has 0 aromatic heterocycles. The fraction of sp³-hybridized carbons (Fsp3) is 0. The average molecular weight is 200 g/mol. The quantitative estimate of drug-likeness (QED) is 0.691. The molecule has 16 heavy (non-hydrogen) atoms. The summed E-state index contributed by atoms with van der Waals surface area (Å²) in [6.45, 7) is 0. The second kappa shape index (κ2) is 6.74. The van der Waals surface area contributed by atoms with E-state index in [-0.39, 0.29) is 49.2 Å². The summed E-state index contributed by atoms with van der Waals surface area (Å²) in [6.07, 6.45) is 0.